The first-order valence-corrected chi connectivity index (χ1v) is 0.775. The third-order valence-electron chi connectivity index (χ3n) is 0. The largest absolute Gasteiger partial charge is 0 e. The van der Waals surface area contributed by atoms with Crippen LogP contribution in [-0.4, -0.2) is 52.0 Å². The third kappa shape index (κ3) is 36.7. The second kappa shape index (κ2) is 10.1. The third-order valence-corrected chi connectivity index (χ3v) is 0. The van der Waals surface area contributed by atoms with Crippen molar-refractivity contribution in [2.24, 2.45) is 0 Å². The van der Waals surface area contributed by atoms with Crippen LogP contribution >= 0.6 is 0 Å². The average molecular weight is 175 g/mol. The van der Waals surface area contributed by atoms with E-state index in [2.05, 4.69) is 0 Å². The van der Waals surface area contributed by atoms with Gasteiger partial charge in [0.25, 0.3) is 0 Å². The molecular formula is H4BNaO3Y. The van der Waals surface area contributed by atoms with Crippen LogP contribution in [0, 0.1) is 0 Å². The normalized spacial score (nSPS) is 4.50. The Labute approximate surface area is 83.5 Å². The van der Waals surface area contributed by atoms with E-state index in [0.29, 0.717) is 0 Å². The van der Waals surface area contributed by atoms with E-state index in [1.165, 1.54) is 0 Å². The summed E-state index contributed by atoms with van der Waals surface area (Å²) in [5.41, 5.74) is 0. The Balaban J connectivity index is -0.0000000450. The van der Waals surface area contributed by atoms with Crippen LogP contribution < -0.4 is 0 Å². The van der Waals surface area contributed by atoms with E-state index in [9.17, 15) is 0 Å². The van der Waals surface area contributed by atoms with Crippen LogP contribution in [0.2, 0.25) is 0 Å². The molecule has 0 aromatic carbocycles. The summed E-state index contributed by atoms with van der Waals surface area (Å²) in [6.07, 6.45) is 0. The maximum Gasteiger partial charge on any atom is 0 e. The molecule has 0 spiro atoms. The van der Waals surface area contributed by atoms with Gasteiger partial charge in [-0.05, 0) is 0 Å². The van der Waals surface area contributed by atoms with E-state index >= 15 is 0 Å². The first-order valence-electron chi connectivity index (χ1n) is 0.775. The molecule has 0 aliphatic heterocycles. The standard InChI is InChI=1S/BH3O3.Na.Y.H/c2-1(3)4;;;/h2-4H;;;. The van der Waals surface area contributed by atoms with Gasteiger partial charge in [0, 0.05) is 32.7 Å². The Morgan fingerprint density at radius 1 is 1.00 bits per heavy atom. The van der Waals surface area contributed by atoms with Gasteiger partial charge in [-0.2, -0.15) is 0 Å². The molecule has 0 amide bonds. The minimum atomic E-state index is -2.17. The monoisotopic (exact) mass is 175 g/mol. The van der Waals surface area contributed by atoms with Gasteiger partial charge in [-0.3, -0.25) is 0 Å². The van der Waals surface area contributed by atoms with Crippen LogP contribution in [0.15, 0.2) is 0 Å². The Kier molecular flexibility index (Phi) is 26.5. The molecule has 0 saturated heterocycles. The minimum Gasteiger partial charge on any atom is 0 e. The Hall–Kier alpha value is 2.05. The maximum atomic E-state index is 7.17. The molecule has 0 fully saturated rings. The van der Waals surface area contributed by atoms with Gasteiger partial charge in [0.15, 0.2) is 0 Å². The van der Waals surface area contributed by atoms with Crippen LogP contribution in [-0.2, 0) is 32.7 Å². The molecule has 29 valence electrons. The molecule has 6 heavy (non-hydrogen) atoms. The van der Waals surface area contributed by atoms with Crippen molar-refractivity contribution in [3.8, 4) is 0 Å². The van der Waals surface area contributed by atoms with E-state index < -0.39 is 7.32 Å². The molecule has 0 aromatic rings. The average Bonchev–Trinajstić information content (AvgIpc) is 0.811. The fourth-order valence-electron chi connectivity index (χ4n) is 0. The summed E-state index contributed by atoms with van der Waals surface area (Å²) < 4.78 is 0. The first kappa shape index (κ1) is 15.7. The van der Waals surface area contributed by atoms with Gasteiger partial charge >= 0.3 is 36.9 Å². The zero-order valence-corrected chi connectivity index (χ0v) is 5.33. The van der Waals surface area contributed by atoms with Crippen molar-refractivity contribution in [1.29, 1.82) is 0 Å². The maximum absolute atomic E-state index is 7.17. The van der Waals surface area contributed by atoms with Gasteiger partial charge in [-0.25, -0.2) is 0 Å². The molecule has 6 heteroatoms. The summed E-state index contributed by atoms with van der Waals surface area (Å²) in [7, 11) is -2.17. The topological polar surface area (TPSA) is 60.7 Å². The molecular weight excluding hydrogens is 171 g/mol. The van der Waals surface area contributed by atoms with Gasteiger partial charge in [0.2, 0.25) is 0 Å². The van der Waals surface area contributed by atoms with Crippen molar-refractivity contribution in [3.63, 3.8) is 0 Å². The smallest absolute Gasteiger partial charge is 0 e. The van der Waals surface area contributed by atoms with Gasteiger partial charge < -0.3 is 15.1 Å². The van der Waals surface area contributed by atoms with Crippen LogP contribution in [0.5, 0.6) is 0 Å². The molecule has 0 saturated carbocycles. The summed E-state index contributed by atoms with van der Waals surface area (Å²) in [6, 6.07) is 0. The van der Waals surface area contributed by atoms with E-state index in [0.717, 1.165) is 0 Å². The fourth-order valence-corrected chi connectivity index (χ4v) is 0. The molecule has 3 N–H and O–H groups in total. The molecule has 0 rings (SSSR count). The minimum absolute atomic E-state index is 0. The zero-order chi connectivity index (χ0) is 3.58. The molecule has 0 aromatic heterocycles. The Morgan fingerprint density at radius 3 is 1.00 bits per heavy atom. The molecule has 0 atom stereocenters. The molecule has 0 aliphatic carbocycles. The fraction of sp³-hybridized carbons (Fsp3) is 0. The van der Waals surface area contributed by atoms with Gasteiger partial charge in [-0.15, -0.1) is 0 Å². The van der Waals surface area contributed by atoms with Crippen molar-refractivity contribution >= 4 is 36.9 Å². The van der Waals surface area contributed by atoms with Gasteiger partial charge in [-0.1, -0.05) is 0 Å². The summed E-state index contributed by atoms with van der Waals surface area (Å²) >= 11 is 0. The van der Waals surface area contributed by atoms with E-state index in [1.54, 1.807) is 0 Å². The van der Waals surface area contributed by atoms with E-state index in [4.69, 9.17) is 15.1 Å². The van der Waals surface area contributed by atoms with Crippen molar-refractivity contribution in [2.75, 3.05) is 0 Å². The summed E-state index contributed by atoms with van der Waals surface area (Å²) in [5, 5.41) is 21.5. The predicted octanol–water partition coefficient (Wildman–Crippen LogP) is -2.70. The van der Waals surface area contributed by atoms with Crippen LogP contribution in [0.4, 0.5) is 0 Å². The SMILES string of the molecule is OB(O)O.[NaH].[Y]. The molecule has 0 aliphatic rings. The van der Waals surface area contributed by atoms with E-state index in [-0.39, 0.29) is 62.3 Å². The summed E-state index contributed by atoms with van der Waals surface area (Å²) in [6.45, 7) is 0. The van der Waals surface area contributed by atoms with Crippen molar-refractivity contribution in [1.82, 2.24) is 0 Å². The van der Waals surface area contributed by atoms with Crippen LogP contribution in [0.1, 0.15) is 0 Å². The Bertz CT molecular complexity index is 15.5. The number of hydrogen-bond acceptors (Lipinski definition) is 3. The second-order valence-corrected chi connectivity index (χ2v) is 0.346. The molecule has 0 unspecified atom stereocenters. The van der Waals surface area contributed by atoms with Gasteiger partial charge in [0.1, 0.15) is 0 Å². The molecule has 1 radical (unpaired) electrons. The number of hydrogen-bond donors (Lipinski definition) is 3. The van der Waals surface area contributed by atoms with Crippen molar-refractivity contribution in [3.05, 3.63) is 0 Å². The Morgan fingerprint density at radius 2 is 1.00 bits per heavy atom. The van der Waals surface area contributed by atoms with Crippen molar-refractivity contribution < 1.29 is 47.8 Å². The summed E-state index contributed by atoms with van der Waals surface area (Å²) in [4.78, 5) is 0. The van der Waals surface area contributed by atoms with Crippen molar-refractivity contribution in [2.45, 2.75) is 0 Å². The second-order valence-electron chi connectivity index (χ2n) is 0.346. The quantitative estimate of drug-likeness (QED) is 0.351. The van der Waals surface area contributed by atoms with Gasteiger partial charge in [0.05, 0.1) is 0 Å². The summed E-state index contributed by atoms with van der Waals surface area (Å²) in [5.74, 6) is 0. The predicted molar refractivity (Wildman–Crippen MR) is 19.6 cm³/mol. The first-order chi connectivity index (χ1) is 1.73. The van der Waals surface area contributed by atoms with Crippen LogP contribution in [0.3, 0.4) is 0 Å². The zero-order valence-electron chi connectivity index (χ0n) is 2.50. The molecule has 3 nitrogen and oxygen atoms in total. The van der Waals surface area contributed by atoms with Crippen LogP contribution in [0.25, 0.3) is 0 Å². The molecule has 0 bridgehead atoms. The molecule has 0 heterocycles. The van der Waals surface area contributed by atoms with E-state index in [1.807, 2.05) is 0 Å². The number of rotatable bonds is 0.